The minimum Gasteiger partial charge on any atom is -0.298 e. The minimum absolute atomic E-state index is 0.189. The van der Waals surface area contributed by atoms with Crippen LogP contribution in [0.1, 0.15) is 10.6 Å². The van der Waals surface area contributed by atoms with E-state index in [0.29, 0.717) is 23.8 Å². The molecule has 0 saturated heterocycles. The summed E-state index contributed by atoms with van der Waals surface area (Å²) in [6.07, 6.45) is 0. The molecule has 0 amide bonds. The van der Waals surface area contributed by atoms with Crippen molar-refractivity contribution >= 4 is 16.5 Å². The zero-order valence-corrected chi connectivity index (χ0v) is 10.7. The Hall–Kier alpha value is -1.57. The standard InChI is InChI=1S/C11H14FN5S/c1-17(6-8-4-2-3-5-9(8)12)7-10-15-16-11(14-13)18-10/h2-5H,6-7,13H2,1H3,(H,14,16). The highest BCUT2D eigenvalue weighted by Gasteiger charge is 2.09. The summed E-state index contributed by atoms with van der Waals surface area (Å²) >= 11 is 1.38. The maximum absolute atomic E-state index is 13.5. The van der Waals surface area contributed by atoms with Gasteiger partial charge in [-0.1, -0.05) is 29.5 Å². The second kappa shape index (κ2) is 5.85. The summed E-state index contributed by atoms with van der Waals surface area (Å²) in [6, 6.07) is 6.75. The summed E-state index contributed by atoms with van der Waals surface area (Å²) < 4.78 is 13.5. The summed E-state index contributed by atoms with van der Waals surface area (Å²) in [6.45, 7) is 1.13. The molecule has 0 atom stereocenters. The number of nitrogens with one attached hydrogen (secondary N) is 1. The number of benzene rings is 1. The maximum atomic E-state index is 13.5. The van der Waals surface area contributed by atoms with Gasteiger partial charge in [-0.3, -0.25) is 10.3 Å². The molecule has 2 aromatic rings. The van der Waals surface area contributed by atoms with Crippen molar-refractivity contribution in [3.63, 3.8) is 0 Å². The summed E-state index contributed by atoms with van der Waals surface area (Å²) in [5.74, 6) is 5.04. The molecule has 0 bridgehead atoms. The van der Waals surface area contributed by atoms with Gasteiger partial charge in [0.2, 0.25) is 5.13 Å². The SMILES string of the molecule is CN(Cc1nnc(NN)s1)Cc1ccccc1F. The highest BCUT2D eigenvalue weighted by molar-refractivity contribution is 7.15. The first-order valence-electron chi connectivity index (χ1n) is 5.40. The number of nitrogen functional groups attached to an aromatic ring is 1. The molecular weight excluding hydrogens is 253 g/mol. The Kier molecular flexibility index (Phi) is 4.19. The number of hydrogen-bond donors (Lipinski definition) is 2. The highest BCUT2D eigenvalue weighted by Crippen LogP contribution is 2.16. The van der Waals surface area contributed by atoms with Crippen molar-refractivity contribution in [1.29, 1.82) is 0 Å². The third-order valence-electron chi connectivity index (χ3n) is 2.39. The van der Waals surface area contributed by atoms with Crippen molar-refractivity contribution in [3.8, 4) is 0 Å². The molecule has 0 unspecified atom stereocenters. The van der Waals surface area contributed by atoms with E-state index in [4.69, 9.17) is 5.84 Å². The van der Waals surface area contributed by atoms with E-state index < -0.39 is 0 Å². The van der Waals surface area contributed by atoms with Gasteiger partial charge in [0.1, 0.15) is 10.8 Å². The van der Waals surface area contributed by atoms with Crippen LogP contribution in [0.3, 0.4) is 0 Å². The number of anilines is 1. The zero-order chi connectivity index (χ0) is 13.0. The third kappa shape index (κ3) is 3.22. The van der Waals surface area contributed by atoms with Crippen LogP contribution in [0.5, 0.6) is 0 Å². The van der Waals surface area contributed by atoms with Gasteiger partial charge in [0.05, 0.1) is 6.54 Å². The van der Waals surface area contributed by atoms with E-state index >= 15 is 0 Å². The second-order valence-corrected chi connectivity index (χ2v) is 4.97. The molecule has 0 aliphatic rings. The van der Waals surface area contributed by atoms with Crippen LogP contribution in [0, 0.1) is 5.82 Å². The Labute approximate surface area is 108 Å². The van der Waals surface area contributed by atoms with Crippen LogP contribution in [0.25, 0.3) is 0 Å². The molecule has 0 fully saturated rings. The molecular formula is C11H14FN5S. The van der Waals surface area contributed by atoms with Gasteiger partial charge in [-0.25, -0.2) is 10.2 Å². The fraction of sp³-hybridized carbons (Fsp3) is 0.273. The van der Waals surface area contributed by atoms with Crippen molar-refractivity contribution in [1.82, 2.24) is 15.1 Å². The van der Waals surface area contributed by atoms with E-state index in [0.717, 1.165) is 5.01 Å². The smallest absolute Gasteiger partial charge is 0.219 e. The van der Waals surface area contributed by atoms with Gasteiger partial charge in [0.15, 0.2) is 0 Å². The first-order chi connectivity index (χ1) is 8.69. The Balaban J connectivity index is 1.96. The number of nitrogens with zero attached hydrogens (tertiary/aromatic N) is 3. The van der Waals surface area contributed by atoms with Crippen molar-refractivity contribution in [3.05, 3.63) is 40.7 Å². The molecule has 1 aromatic carbocycles. The van der Waals surface area contributed by atoms with Gasteiger partial charge < -0.3 is 0 Å². The monoisotopic (exact) mass is 267 g/mol. The van der Waals surface area contributed by atoms with Crippen molar-refractivity contribution in [2.45, 2.75) is 13.1 Å². The Bertz CT molecular complexity index is 516. The zero-order valence-electron chi connectivity index (χ0n) is 9.93. The van der Waals surface area contributed by atoms with Gasteiger partial charge >= 0.3 is 0 Å². The topological polar surface area (TPSA) is 67.1 Å². The lowest BCUT2D eigenvalue weighted by molar-refractivity contribution is 0.312. The number of aromatic nitrogens is 2. The molecule has 0 radical (unpaired) electrons. The van der Waals surface area contributed by atoms with Crippen molar-refractivity contribution in [2.24, 2.45) is 5.84 Å². The molecule has 1 heterocycles. The quantitative estimate of drug-likeness (QED) is 0.636. The lowest BCUT2D eigenvalue weighted by atomic mass is 10.2. The van der Waals surface area contributed by atoms with E-state index in [1.807, 2.05) is 18.0 Å². The maximum Gasteiger partial charge on any atom is 0.219 e. The Morgan fingerprint density at radius 2 is 2.11 bits per heavy atom. The normalized spacial score (nSPS) is 10.9. The summed E-state index contributed by atoms with van der Waals surface area (Å²) in [7, 11) is 1.91. The summed E-state index contributed by atoms with van der Waals surface area (Å²) in [4.78, 5) is 1.97. The van der Waals surface area contributed by atoms with Crippen LogP contribution < -0.4 is 11.3 Å². The van der Waals surface area contributed by atoms with Gasteiger partial charge in [0, 0.05) is 12.1 Å². The molecule has 2 rings (SSSR count). The largest absolute Gasteiger partial charge is 0.298 e. The number of rotatable bonds is 5. The first-order valence-corrected chi connectivity index (χ1v) is 6.21. The van der Waals surface area contributed by atoms with Crippen LogP contribution in [0.4, 0.5) is 9.52 Å². The van der Waals surface area contributed by atoms with Crippen molar-refractivity contribution < 1.29 is 4.39 Å². The molecule has 3 N–H and O–H groups in total. The predicted molar refractivity (Wildman–Crippen MR) is 69.3 cm³/mol. The highest BCUT2D eigenvalue weighted by atomic mass is 32.1. The van der Waals surface area contributed by atoms with E-state index in [9.17, 15) is 4.39 Å². The fourth-order valence-electron chi connectivity index (χ4n) is 1.58. The molecule has 96 valence electrons. The third-order valence-corrected chi connectivity index (χ3v) is 3.23. The number of halogens is 1. The van der Waals surface area contributed by atoms with E-state index in [1.165, 1.54) is 17.4 Å². The van der Waals surface area contributed by atoms with E-state index in [-0.39, 0.29) is 5.82 Å². The minimum atomic E-state index is -0.189. The molecule has 5 nitrogen and oxygen atoms in total. The van der Waals surface area contributed by atoms with Crippen LogP contribution in [0.15, 0.2) is 24.3 Å². The number of nitrogens with two attached hydrogens (primary N) is 1. The first kappa shape index (κ1) is 12.9. The average molecular weight is 267 g/mol. The number of hydrogen-bond acceptors (Lipinski definition) is 6. The Morgan fingerprint density at radius 1 is 1.33 bits per heavy atom. The van der Waals surface area contributed by atoms with Gasteiger partial charge in [-0.15, -0.1) is 10.2 Å². The molecule has 7 heteroatoms. The molecule has 0 saturated carbocycles. The lowest BCUT2D eigenvalue weighted by Crippen LogP contribution is -2.17. The van der Waals surface area contributed by atoms with Crippen LogP contribution in [0.2, 0.25) is 0 Å². The molecule has 18 heavy (non-hydrogen) atoms. The summed E-state index contributed by atoms with van der Waals surface area (Å²) in [5, 5.41) is 9.23. The second-order valence-electron chi connectivity index (χ2n) is 3.91. The lowest BCUT2D eigenvalue weighted by Gasteiger charge is -2.15. The van der Waals surface area contributed by atoms with Crippen LogP contribution in [-0.2, 0) is 13.1 Å². The average Bonchev–Trinajstić information content (AvgIpc) is 2.80. The van der Waals surface area contributed by atoms with Crippen molar-refractivity contribution in [2.75, 3.05) is 12.5 Å². The van der Waals surface area contributed by atoms with E-state index in [2.05, 4.69) is 15.6 Å². The molecule has 0 aliphatic carbocycles. The van der Waals surface area contributed by atoms with Gasteiger partial charge in [-0.2, -0.15) is 0 Å². The molecule has 1 aromatic heterocycles. The summed E-state index contributed by atoms with van der Waals surface area (Å²) in [5.41, 5.74) is 3.11. The van der Waals surface area contributed by atoms with Crippen LogP contribution >= 0.6 is 11.3 Å². The van der Waals surface area contributed by atoms with Gasteiger partial charge in [-0.05, 0) is 13.1 Å². The molecule has 0 spiro atoms. The fourth-order valence-corrected chi connectivity index (χ4v) is 2.31. The predicted octanol–water partition coefficient (Wildman–Crippen LogP) is 1.59. The molecule has 0 aliphatic heterocycles. The Morgan fingerprint density at radius 3 is 2.78 bits per heavy atom. The number of hydrazine groups is 1. The van der Waals surface area contributed by atoms with Gasteiger partial charge in [0.25, 0.3) is 0 Å². The van der Waals surface area contributed by atoms with E-state index in [1.54, 1.807) is 12.1 Å². The van der Waals surface area contributed by atoms with Crippen LogP contribution in [-0.4, -0.2) is 22.1 Å².